The van der Waals surface area contributed by atoms with Gasteiger partial charge in [-0.3, -0.25) is 4.79 Å². The third kappa shape index (κ3) is 2.94. The molecule has 2 fully saturated rings. The molecule has 128 valence electrons. The lowest BCUT2D eigenvalue weighted by atomic mass is 9.98. The summed E-state index contributed by atoms with van der Waals surface area (Å²) in [5.41, 5.74) is 8.98. The maximum atomic E-state index is 12.6. The van der Waals surface area contributed by atoms with Gasteiger partial charge >= 0.3 is 0 Å². The number of carbonyl (C=O) groups excluding carboxylic acids is 1. The molecular formula is C18H22ClN3O2. The van der Waals surface area contributed by atoms with E-state index < -0.39 is 0 Å². The number of amides is 1. The summed E-state index contributed by atoms with van der Waals surface area (Å²) in [5, 5.41) is 4.05. The third-order valence-electron chi connectivity index (χ3n) is 5.27. The zero-order valence-corrected chi connectivity index (χ0v) is 14.5. The number of likely N-dealkylation sites (tertiary alicyclic amines) is 1. The number of fused-ring (bicyclic) bond motifs is 1. The molecule has 3 unspecified atom stereocenters. The molecule has 1 saturated heterocycles. The third-order valence-corrected chi connectivity index (χ3v) is 5.27. The summed E-state index contributed by atoms with van der Waals surface area (Å²) in [7, 11) is 0. The average Bonchev–Trinajstić information content (AvgIpc) is 3.25. The Kier molecular flexibility index (Phi) is 4.65. The zero-order chi connectivity index (χ0) is 16.0. The lowest BCUT2D eigenvalue weighted by Gasteiger charge is -2.17. The summed E-state index contributed by atoms with van der Waals surface area (Å²) in [6.45, 7) is 3.57. The van der Waals surface area contributed by atoms with Gasteiger partial charge in [-0.25, -0.2) is 0 Å². The van der Waals surface area contributed by atoms with Crippen LogP contribution in [0.3, 0.4) is 0 Å². The van der Waals surface area contributed by atoms with E-state index in [4.69, 9.17) is 10.3 Å². The molecule has 4 rings (SSSR count). The van der Waals surface area contributed by atoms with Crippen molar-refractivity contribution in [3.63, 3.8) is 0 Å². The minimum Gasteiger partial charge on any atom is -0.350 e. The average molecular weight is 348 g/mol. The van der Waals surface area contributed by atoms with Crippen molar-refractivity contribution in [2.75, 3.05) is 13.1 Å². The van der Waals surface area contributed by atoms with Gasteiger partial charge in [-0.15, -0.1) is 12.4 Å². The first-order valence-electron chi connectivity index (χ1n) is 8.20. The maximum Gasteiger partial charge on any atom is 0.292 e. The minimum absolute atomic E-state index is 0. The molecule has 6 heteroatoms. The normalized spacial score (nSPS) is 25.4. The molecule has 0 spiro atoms. The number of nitrogens with zero attached hydrogens (tertiary/aromatic N) is 2. The molecule has 1 aliphatic heterocycles. The fourth-order valence-corrected chi connectivity index (χ4v) is 3.87. The van der Waals surface area contributed by atoms with Crippen molar-refractivity contribution in [2.45, 2.75) is 25.8 Å². The number of aryl methyl sites for hydroxylation is 1. The summed E-state index contributed by atoms with van der Waals surface area (Å²) >= 11 is 0. The van der Waals surface area contributed by atoms with E-state index in [1.54, 1.807) is 6.07 Å². The number of carbonyl (C=O) groups is 1. The Morgan fingerprint density at radius 2 is 2.00 bits per heavy atom. The van der Waals surface area contributed by atoms with Gasteiger partial charge in [0.25, 0.3) is 5.91 Å². The summed E-state index contributed by atoms with van der Waals surface area (Å²) < 4.78 is 5.30. The fourth-order valence-electron chi connectivity index (χ4n) is 3.87. The van der Waals surface area contributed by atoms with Crippen LogP contribution in [0, 0.1) is 18.8 Å². The number of hydrogen-bond acceptors (Lipinski definition) is 4. The van der Waals surface area contributed by atoms with E-state index in [-0.39, 0.29) is 24.4 Å². The first-order chi connectivity index (χ1) is 11.1. The summed E-state index contributed by atoms with van der Waals surface area (Å²) in [5.74, 6) is 1.23. The van der Waals surface area contributed by atoms with Crippen LogP contribution in [0.15, 0.2) is 34.9 Å². The van der Waals surface area contributed by atoms with Crippen molar-refractivity contribution in [3.05, 3.63) is 41.7 Å². The molecule has 2 N–H and O–H groups in total. The lowest BCUT2D eigenvalue weighted by Crippen LogP contribution is -2.33. The van der Waals surface area contributed by atoms with Crippen LogP contribution in [0.5, 0.6) is 0 Å². The van der Waals surface area contributed by atoms with E-state index in [1.807, 2.05) is 36.1 Å². The Morgan fingerprint density at radius 3 is 2.71 bits per heavy atom. The van der Waals surface area contributed by atoms with Gasteiger partial charge < -0.3 is 15.2 Å². The second-order valence-electron chi connectivity index (χ2n) is 6.82. The van der Waals surface area contributed by atoms with Gasteiger partial charge in [-0.2, -0.15) is 0 Å². The number of nitrogens with two attached hydrogens (primary N) is 1. The van der Waals surface area contributed by atoms with Gasteiger partial charge in [0.1, 0.15) is 5.69 Å². The Morgan fingerprint density at radius 1 is 1.25 bits per heavy atom. The highest BCUT2D eigenvalue weighted by molar-refractivity contribution is 5.92. The van der Waals surface area contributed by atoms with E-state index >= 15 is 0 Å². The van der Waals surface area contributed by atoms with E-state index in [1.165, 1.54) is 5.56 Å². The fraction of sp³-hybridized carbons (Fsp3) is 0.444. The molecule has 1 saturated carbocycles. The summed E-state index contributed by atoms with van der Waals surface area (Å²) in [6, 6.07) is 9.99. The molecule has 1 aliphatic carbocycles. The van der Waals surface area contributed by atoms with Crippen molar-refractivity contribution in [3.8, 4) is 11.3 Å². The first kappa shape index (κ1) is 17.0. The monoisotopic (exact) mass is 347 g/mol. The Labute approximate surface area is 147 Å². The molecule has 2 heterocycles. The topological polar surface area (TPSA) is 72.4 Å². The molecule has 0 bridgehead atoms. The van der Waals surface area contributed by atoms with Gasteiger partial charge in [0.15, 0.2) is 0 Å². The van der Waals surface area contributed by atoms with Gasteiger partial charge in [0.05, 0.1) is 0 Å². The van der Waals surface area contributed by atoms with Crippen molar-refractivity contribution >= 4 is 18.3 Å². The Bertz CT molecular complexity index is 728. The molecule has 2 aromatic rings. The predicted octanol–water partition coefficient (Wildman–Crippen LogP) is 2.88. The van der Waals surface area contributed by atoms with Crippen LogP contribution in [0.2, 0.25) is 0 Å². The number of halogens is 1. The second kappa shape index (κ2) is 6.57. The Hall–Kier alpha value is -1.85. The molecule has 1 aromatic carbocycles. The van der Waals surface area contributed by atoms with E-state index in [2.05, 4.69) is 5.16 Å². The second-order valence-corrected chi connectivity index (χ2v) is 6.82. The van der Waals surface area contributed by atoms with Gasteiger partial charge in [-0.1, -0.05) is 35.0 Å². The SMILES string of the molecule is Cc1ccc(-c2cc(C(=O)N3CC4CCC(N)C4C3)on2)cc1.Cl. The van der Waals surface area contributed by atoms with Crippen LogP contribution < -0.4 is 5.73 Å². The largest absolute Gasteiger partial charge is 0.350 e. The number of benzene rings is 1. The van der Waals surface area contributed by atoms with E-state index in [0.717, 1.165) is 31.5 Å². The van der Waals surface area contributed by atoms with Gasteiger partial charge in [0, 0.05) is 30.8 Å². The molecule has 2 aliphatic rings. The van der Waals surface area contributed by atoms with Crippen molar-refractivity contribution in [1.82, 2.24) is 10.1 Å². The number of hydrogen-bond donors (Lipinski definition) is 1. The number of aromatic nitrogens is 1. The zero-order valence-electron chi connectivity index (χ0n) is 13.6. The standard InChI is InChI=1S/C18H21N3O2.ClH/c1-11-2-4-12(5-3-11)16-8-17(23-20-16)18(22)21-9-13-6-7-15(19)14(13)10-21;/h2-5,8,13-15H,6-7,9-10,19H2,1H3;1H. The van der Waals surface area contributed by atoms with Crippen molar-refractivity contribution < 1.29 is 9.32 Å². The smallest absolute Gasteiger partial charge is 0.292 e. The minimum atomic E-state index is -0.0718. The van der Waals surface area contributed by atoms with E-state index in [0.29, 0.717) is 23.3 Å². The molecule has 3 atom stereocenters. The maximum absolute atomic E-state index is 12.6. The predicted molar refractivity (Wildman–Crippen MR) is 94.0 cm³/mol. The Balaban J connectivity index is 0.00000169. The highest BCUT2D eigenvalue weighted by Gasteiger charge is 2.43. The molecule has 0 radical (unpaired) electrons. The quantitative estimate of drug-likeness (QED) is 0.906. The first-order valence-corrected chi connectivity index (χ1v) is 8.20. The van der Waals surface area contributed by atoms with Crippen molar-refractivity contribution in [2.24, 2.45) is 17.6 Å². The molecule has 1 amide bonds. The molecule has 24 heavy (non-hydrogen) atoms. The van der Waals surface area contributed by atoms with Crippen LogP contribution >= 0.6 is 12.4 Å². The lowest BCUT2D eigenvalue weighted by molar-refractivity contribution is 0.0738. The van der Waals surface area contributed by atoms with Crippen LogP contribution in [0.4, 0.5) is 0 Å². The molecule has 5 nitrogen and oxygen atoms in total. The highest BCUT2D eigenvalue weighted by atomic mass is 35.5. The van der Waals surface area contributed by atoms with E-state index in [9.17, 15) is 4.79 Å². The summed E-state index contributed by atoms with van der Waals surface area (Å²) in [6.07, 6.45) is 2.21. The summed E-state index contributed by atoms with van der Waals surface area (Å²) in [4.78, 5) is 14.5. The molecular weight excluding hydrogens is 326 g/mol. The number of rotatable bonds is 2. The molecule has 1 aromatic heterocycles. The van der Waals surface area contributed by atoms with Crippen LogP contribution in [-0.2, 0) is 0 Å². The van der Waals surface area contributed by atoms with Crippen LogP contribution in [-0.4, -0.2) is 35.1 Å². The van der Waals surface area contributed by atoms with Gasteiger partial charge in [0.2, 0.25) is 5.76 Å². The highest BCUT2D eigenvalue weighted by Crippen LogP contribution is 2.37. The van der Waals surface area contributed by atoms with Gasteiger partial charge in [-0.05, 0) is 31.6 Å². The van der Waals surface area contributed by atoms with Crippen LogP contribution in [0.1, 0.15) is 29.0 Å². The van der Waals surface area contributed by atoms with Crippen LogP contribution in [0.25, 0.3) is 11.3 Å². The van der Waals surface area contributed by atoms with Crippen molar-refractivity contribution in [1.29, 1.82) is 0 Å².